The molecule has 2 heterocycles. The van der Waals surface area contributed by atoms with E-state index in [4.69, 9.17) is 5.11 Å². The standard InChI is InChI=1S/C13H11N3O3S/c1-7-14-5-9(20-7)6-16-11-3-2-8(12(17)18)4-10(11)15-13(16)19/h2-5H,6H2,1H3,(H,15,19)(H,17,18). The SMILES string of the molecule is Cc1ncc(Cn2c(=O)[nH]c3cc(C(=O)O)ccc32)s1. The topological polar surface area (TPSA) is 88.0 Å². The van der Waals surface area contributed by atoms with E-state index in [2.05, 4.69) is 9.97 Å². The number of carboxylic acids is 1. The molecule has 0 radical (unpaired) electrons. The highest BCUT2D eigenvalue weighted by molar-refractivity contribution is 7.11. The number of nitrogens with zero attached hydrogens (tertiary/aromatic N) is 2. The van der Waals surface area contributed by atoms with Crippen molar-refractivity contribution in [1.29, 1.82) is 0 Å². The molecule has 0 amide bonds. The summed E-state index contributed by atoms with van der Waals surface area (Å²) in [6, 6.07) is 4.60. The van der Waals surface area contributed by atoms with Crippen molar-refractivity contribution < 1.29 is 9.90 Å². The number of carboxylic acid groups (broad SMARTS) is 1. The van der Waals surface area contributed by atoms with Crippen LogP contribution in [0.4, 0.5) is 0 Å². The molecule has 3 aromatic rings. The number of aromatic carboxylic acids is 1. The van der Waals surface area contributed by atoms with Gasteiger partial charge in [-0.25, -0.2) is 14.6 Å². The monoisotopic (exact) mass is 289 g/mol. The van der Waals surface area contributed by atoms with E-state index in [0.717, 1.165) is 9.88 Å². The van der Waals surface area contributed by atoms with Crippen molar-refractivity contribution in [2.75, 3.05) is 0 Å². The average molecular weight is 289 g/mol. The highest BCUT2D eigenvalue weighted by atomic mass is 32.1. The molecule has 102 valence electrons. The number of hydrogen-bond acceptors (Lipinski definition) is 4. The minimum atomic E-state index is -1.02. The molecule has 0 atom stereocenters. The van der Waals surface area contributed by atoms with E-state index in [9.17, 15) is 9.59 Å². The van der Waals surface area contributed by atoms with Gasteiger partial charge >= 0.3 is 11.7 Å². The van der Waals surface area contributed by atoms with Crippen LogP contribution in [-0.4, -0.2) is 25.6 Å². The maximum atomic E-state index is 12.0. The van der Waals surface area contributed by atoms with E-state index in [0.29, 0.717) is 17.6 Å². The third kappa shape index (κ3) is 2.12. The summed E-state index contributed by atoms with van der Waals surface area (Å²) in [5.74, 6) is -1.02. The van der Waals surface area contributed by atoms with Gasteiger partial charge in [0.1, 0.15) is 0 Å². The molecule has 0 saturated heterocycles. The molecular formula is C13H11N3O3S. The van der Waals surface area contributed by atoms with Gasteiger partial charge in [-0.15, -0.1) is 11.3 Å². The molecule has 2 aromatic heterocycles. The van der Waals surface area contributed by atoms with Gasteiger partial charge < -0.3 is 10.1 Å². The predicted octanol–water partition coefficient (Wildman–Crippen LogP) is 1.84. The van der Waals surface area contributed by atoms with Crippen molar-refractivity contribution in [3.8, 4) is 0 Å². The normalized spacial score (nSPS) is 11.1. The maximum absolute atomic E-state index is 12.0. The second kappa shape index (κ2) is 4.61. The smallest absolute Gasteiger partial charge is 0.335 e. The number of carbonyl (C=O) groups is 1. The molecule has 3 rings (SSSR count). The van der Waals surface area contributed by atoms with Gasteiger partial charge in [-0.3, -0.25) is 4.57 Å². The van der Waals surface area contributed by atoms with Crippen LogP contribution in [0.1, 0.15) is 20.2 Å². The summed E-state index contributed by atoms with van der Waals surface area (Å²) < 4.78 is 1.58. The van der Waals surface area contributed by atoms with E-state index in [-0.39, 0.29) is 11.3 Å². The number of thiazole rings is 1. The Kier molecular flexibility index (Phi) is 2.90. The van der Waals surface area contributed by atoms with Crippen molar-refractivity contribution in [1.82, 2.24) is 14.5 Å². The highest BCUT2D eigenvalue weighted by Crippen LogP contribution is 2.17. The number of imidazole rings is 1. The largest absolute Gasteiger partial charge is 0.478 e. The highest BCUT2D eigenvalue weighted by Gasteiger charge is 2.11. The van der Waals surface area contributed by atoms with Gasteiger partial charge in [0.25, 0.3) is 0 Å². The number of H-pyrrole nitrogens is 1. The molecule has 20 heavy (non-hydrogen) atoms. The predicted molar refractivity (Wildman–Crippen MR) is 75.5 cm³/mol. The molecular weight excluding hydrogens is 278 g/mol. The quantitative estimate of drug-likeness (QED) is 0.770. The fourth-order valence-electron chi connectivity index (χ4n) is 2.09. The summed E-state index contributed by atoms with van der Waals surface area (Å²) in [5.41, 5.74) is 1.11. The van der Waals surface area contributed by atoms with Crippen LogP contribution in [0.5, 0.6) is 0 Å². The van der Waals surface area contributed by atoms with Gasteiger partial charge in [0, 0.05) is 11.1 Å². The van der Waals surface area contributed by atoms with Crippen LogP contribution < -0.4 is 5.69 Å². The first-order chi connectivity index (χ1) is 9.54. The Labute approximate surface area is 117 Å². The molecule has 2 N–H and O–H groups in total. The number of rotatable bonds is 3. The third-order valence-corrected chi connectivity index (χ3v) is 3.90. The number of benzene rings is 1. The Balaban J connectivity index is 2.09. The number of fused-ring (bicyclic) bond motifs is 1. The Morgan fingerprint density at radius 1 is 1.50 bits per heavy atom. The van der Waals surface area contributed by atoms with Gasteiger partial charge in [-0.1, -0.05) is 0 Å². The van der Waals surface area contributed by atoms with Gasteiger partial charge in [0.05, 0.1) is 28.1 Å². The van der Waals surface area contributed by atoms with Crippen molar-refractivity contribution >= 4 is 28.3 Å². The second-order valence-electron chi connectivity index (χ2n) is 4.40. The summed E-state index contributed by atoms with van der Waals surface area (Å²) >= 11 is 1.53. The zero-order valence-corrected chi connectivity index (χ0v) is 11.4. The molecule has 0 unspecified atom stereocenters. The summed E-state index contributed by atoms with van der Waals surface area (Å²) in [6.45, 7) is 2.34. The van der Waals surface area contributed by atoms with Crippen LogP contribution >= 0.6 is 11.3 Å². The van der Waals surface area contributed by atoms with Crippen LogP contribution in [0.3, 0.4) is 0 Å². The first-order valence-corrected chi connectivity index (χ1v) is 6.73. The first kappa shape index (κ1) is 12.6. The summed E-state index contributed by atoms with van der Waals surface area (Å²) in [7, 11) is 0. The fourth-order valence-corrected chi connectivity index (χ4v) is 2.87. The van der Waals surface area contributed by atoms with Crippen LogP contribution in [0.25, 0.3) is 11.0 Å². The lowest BCUT2D eigenvalue weighted by Gasteiger charge is -2.01. The zero-order chi connectivity index (χ0) is 14.3. The van der Waals surface area contributed by atoms with E-state index in [1.54, 1.807) is 16.8 Å². The van der Waals surface area contributed by atoms with Crippen LogP contribution in [-0.2, 0) is 6.54 Å². The van der Waals surface area contributed by atoms with Crippen LogP contribution in [0.2, 0.25) is 0 Å². The molecule has 6 nitrogen and oxygen atoms in total. The van der Waals surface area contributed by atoms with E-state index >= 15 is 0 Å². The zero-order valence-electron chi connectivity index (χ0n) is 10.6. The van der Waals surface area contributed by atoms with Crippen molar-refractivity contribution in [2.24, 2.45) is 0 Å². The number of aromatic nitrogens is 3. The van der Waals surface area contributed by atoms with Gasteiger partial charge in [-0.2, -0.15) is 0 Å². The maximum Gasteiger partial charge on any atom is 0.335 e. The average Bonchev–Trinajstić information content (AvgIpc) is 2.94. The number of nitrogens with one attached hydrogen (secondary N) is 1. The van der Waals surface area contributed by atoms with Crippen molar-refractivity contribution in [3.05, 3.63) is 50.3 Å². The Bertz CT molecular complexity index is 859. The molecule has 7 heteroatoms. The molecule has 0 aliphatic rings. The van der Waals surface area contributed by atoms with Gasteiger partial charge in [0.2, 0.25) is 0 Å². The van der Waals surface area contributed by atoms with E-state index < -0.39 is 5.97 Å². The van der Waals surface area contributed by atoms with E-state index in [1.165, 1.54) is 23.5 Å². The number of hydrogen-bond donors (Lipinski definition) is 2. The Morgan fingerprint density at radius 3 is 2.95 bits per heavy atom. The molecule has 0 saturated carbocycles. The molecule has 0 aliphatic carbocycles. The molecule has 0 aliphatic heterocycles. The first-order valence-electron chi connectivity index (χ1n) is 5.92. The minimum absolute atomic E-state index is 0.152. The summed E-state index contributed by atoms with van der Waals surface area (Å²) in [5, 5.41) is 9.90. The van der Waals surface area contributed by atoms with E-state index in [1.807, 2.05) is 6.92 Å². The van der Waals surface area contributed by atoms with Crippen molar-refractivity contribution in [3.63, 3.8) is 0 Å². The van der Waals surface area contributed by atoms with Gasteiger partial charge in [0.15, 0.2) is 0 Å². The lowest BCUT2D eigenvalue weighted by atomic mass is 10.2. The molecule has 0 spiro atoms. The molecule has 1 aromatic carbocycles. The minimum Gasteiger partial charge on any atom is -0.478 e. The fraction of sp³-hybridized carbons (Fsp3) is 0.154. The molecule has 0 bridgehead atoms. The number of aromatic amines is 1. The second-order valence-corrected chi connectivity index (χ2v) is 5.72. The Hall–Kier alpha value is -2.41. The third-order valence-electron chi connectivity index (χ3n) is 3.00. The number of aryl methyl sites for hydroxylation is 1. The van der Waals surface area contributed by atoms with Gasteiger partial charge in [-0.05, 0) is 25.1 Å². The summed E-state index contributed by atoms with van der Waals surface area (Å²) in [6.07, 6.45) is 1.75. The van der Waals surface area contributed by atoms with Crippen LogP contribution in [0.15, 0.2) is 29.2 Å². The van der Waals surface area contributed by atoms with Crippen molar-refractivity contribution in [2.45, 2.75) is 13.5 Å². The lowest BCUT2D eigenvalue weighted by Crippen LogP contribution is -2.16. The molecule has 0 fully saturated rings. The van der Waals surface area contributed by atoms with Crippen LogP contribution in [0, 0.1) is 6.92 Å². The lowest BCUT2D eigenvalue weighted by molar-refractivity contribution is 0.0697. The Morgan fingerprint density at radius 2 is 2.30 bits per heavy atom. The summed E-state index contributed by atoms with van der Waals surface area (Å²) in [4.78, 5) is 30.7.